The lowest BCUT2D eigenvalue weighted by molar-refractivity contribution is -0.129. The number of nitrogens with one attached hydrogen (secondary N) is 1. The van der Waals surface area contributed by atoms with Crippen LogP contribution in [0.4, 0.5) is 0 Å². The zero-order chi connectivity index (χ0) is 23.7. The van der Waals surface area contributed by atoms with E-state index in [9.17, 15) is 9.59 Å². The van der Waals surface area contributed by atoms with Gasteiger partial charge in [0.2, 0.25) is 5.91 Å². The van der Waals surface area contributed by atoms with Crippen LogP contribution in [-0.4, -0.2) is 58.4 Å². The molecular formula is C25H26N4O4S. The number of amides is 1. The molecule has 1 amide bonds. The van der Waals surface area contributed by atoms with Crippen LogP contribution in [0.5, 0.6) is 11.5 Å². The van der Waals surface area contributed by atoms with E-state index in [-0.39, 0.29) is 17.2 Å². The molecule has 176 valence electrons. The Kier molecular flexibility index (Phi) is 6.19. The molecule has 0 radical (unpaired) electrons. The van der Waals surface area contributed by atoms with Gasteiger partial charge in [-0.05, 0) is 37.5 Å². The average molecular weight is 479 g/mol. The van der Waals surface area contributed by atoms with E-state index in [1.807, 2.05) is 29.2 Å². The predicted molar refractivity (Wildman–Crippen MR) is 133 cm³/mol. The fourth-order valence-electron chi connectivity index (χ4n) is 4.39. The van der Waals surface area contributed by atoms with Crippen LogP contribution >= 0.6 is 11.8 Å². The standard InChI is InChI=1S/C25H26N4O4S/c1-32-19-11-10-16(14-20(19)33-2)29-24(31)23-22(17-8-4-5-9-18(17)26-23)27-25(29)34-15-21(30)28-12-6-3-7-13-28/h4-5,8-11,14,26H,3,6-7,12-13,15H2,1-2H3. The quantitative estimate of drug-likeness (QED) is 0.333. The highest BCUT2D eigenvalue weighted by molar-refractivity contribution is 7.99. The first-order valence-corrected chi connectivity index (χ1v) is 12.3. The molecule has 0 saturated carbocycles. The number of thioether (sulfide) groups is 1. The van der Waals surface area contributed by atoms with Crippen molar-refractivity contribution in [1.82, 2.24) is 19.4 Å². The van der Waals surface area contributed by atoms with Crippen LogP contribution in [0.25, 0.3) is 27.6 Å². The number of likely N-dealkylation sites (tertiary alicyclic amines) is 1. The molecule has 3 heterocycles. The summed E-state index contributed by atoms with van der Waals surface area (Å²) in [6.45, 7) is 1.58. The minimum atomic E-state index is -0.235. The molecule has 0 spiro atoms. The first-order valence-electron chi connectivity index (χ1n) is 11.3. The summed E-state index contributed by atoms with van der Waals surface area (Å²) in [6.07, 6.45) is 3.23. The lowest BCUT2D eigenvalue weighted by Crippen LogP contribution is -2.36. The Morgan fingerprint density at radius 2 is 1.82 bits per heavy atom. The maximum Gasteiger partial charge on any atom is 0.283 e. The van der Waals surface area contributed by atoms with Crippen LogP contribution in [0.1, 0.15) is 19.3 Å². The number of nitrogens with zero attached hydrogens (tertiary/aromatic N) is 3. The molecule has 2 aromatic heterocycles. The van der Waals surface area contributed by atoms with Crippen molar-refractivity contribution in [1.29, 1.82) is 0 Å². The fourth-order valence-corrected chi connectivity index (χ4v) is 5.30. The highest BCUT2D eigenvalue weighted by Crippen LogP contribution is 2.31. The lowest BCUT2D eigenvalue weighted by atomic mass is 10.1. The van der Waals surface area contributed by atoms with Crippen molar-refractivity contribution in [2.45, 2.75) is 24.4 Å². The predicted octanol–water partition coefficient (Wildman–Crippen LogP) is 3.99. The number of aromatic nitrogens is 3. The summed E-state index contributed by atoms with van der Waals surface area (Å²) in [5.74, 6) is 1.35. The Morgan fingerprint density at radius 3 is 2.59 bits per heavy atom. The molecule has 0 aliphatic carbocycles. The van der Waals surface area contributed by atoms with Gasteiger partial charge in [0, 0.05) is 30.1 Å². The van der Waals surface area contributed by atoms with Crippen LogP contribution in [0.2, 0.25) is 0 Å². The second-order valence-electron chi connectivity index (χ2n) is 8.20. The Balaban J connectivity index is 1.63. The number of benzene rings is 2. The molecule has 1 saturated heterocycles. The smallest absolute Gasteiger partial charge is 0.283 e. The fraction of sp³-hybridized carbons (Fsp3) is 0.320. The Labute approximate surface area is 200 Å². The Bertz CT molecular complexity index is 1420. The van der Waals surface area contributed by atoms with Crippen LogP contribution in [0.15, 0.2) is 52.4 Å². The number of piperidine rings is 1. The molecule has 1 aliphatic heterocycles. The molecule has 8 nitrogen and oxygen atoms in total. The number of fused-ring (bicyclic) bond motifs is 3. The van der Waals surface area contributed by atoms with Crippen LogP contribution in [0, 0.1) is 0 Å². The van der Waals surface area contributed by atoms with E-state index in [2.05, 4.69) is 4.98 Å². The van der Waals surface area contributed by atoms with Gasteiger partial charge in [-0.1, -0.05) is 30.0 Å². The number of carbonyl (C=O) groups excluding carboxylic acids is 1. The second-order valence-corrected chi connectivity index (χ2v) is 9.14. The number of ether oxygens (including phenoxy) is 2. The highest BCUT2D eigenvalue weighted by atomic mass is 32.2. The van der Waals surface area contributed by atoms with Crippen molar-refractivity contribution in [3.63, 3.8) is 0 Å². The summed E-state index contributed by atoms with van der Waals surface area (Å²) >= 11 is 1.28. The average Bonchev–Trinajstić information content (AvgIpc) is 3.26. The topological polar surface area (TPSA) is 89.5 Å². The number of rotatable bonds is 6. The van der Waals surface area contributed by atoms with E-state index in [0.29, 0.717) is 33.4 Å². The first-order chi connectivity index (χ1) is 16.6. The summed E-state index contributed by atoms with van der Waals surface area (Å²) < 4.78 is 12.3. The molecule has 9 heteroatoms. The summed E-state index contributed by atoms with van der Waals surface area (Å²) in [4.78, 5) is 36.6. The SMILES string of the molecule is COc1ccc(-n2c(SCC(=O)N3CCCCC3)nc3c([nH]c4ccccc43)c2=O)cc1OC. The van der Waals surface area contributed by atoms with Gasteiger partial charge in [0.05, 0.1) is 25.7 Å². The zero-order valence-electron chi connectivity index (χ0n) is 19.2. The Hall–Kier alpha value is -3.46. The van der Waals surface area contributed by atoms with E-state index < -0.39 is 0 Å². The number of hydrogen-bond acceptors (Lipinski definition) is 6. The number of para-hydroxylation sites is 1. The van der Waals surface area contributed by atoms with Crippen molar-refractivity contribution in [2.75, 3.05) is 33.1 Å². The first kappa shape index (κ1) is 22.3. The molecule has 1 aliphatic rings. The van der Waals surface area contributed by atoms with Gasteiger partial charge in [-0.3, -0.25) is 14.2 Å². The second kappa shape index (κ2) is 9.42. The third kappa shape index (κ3) is 4.00. The summed E-state index contributed by atoms with van der Waals surface area (Å²) in [5.41, 5.74) is 2.21. The normalized spacial score (nSPS) is 14.0. The molecule has 34 heavy (non-hydrogen) atoms. The van der Waals surface area contributed by atoms with Gasteiger partial charge in [0.1, 0.15) is 11.0 Å². The van der Waals surface area contributed by atoms with Gasteiger partial charge >= 0.3 is 0 Å². The molecule has 0 atom stereocenters. The van der Waals surface area contributed by atoms with Crippen molar-refractivity contribution < 1.29 is 14.3 Å². The summed E-state index contributed by atoms with van der Waals surface area (Å²) in [6, 6.07) is 13.0. The molecule has 0 unspecified atom stereocenters. The Morgan fingerprint density at radius 1 is 1.06 bits per heavy atom. The maximum atomic E-state index is 13.7. The summed E-state index contributed by atoms with van der Waals surface area (Å²) in [5, 5.41) is 1.33. The van der Waals surface area contributed by atoms with Crippen molar-refractivity contribution >= 4 is 39.6 Å². The van der Waals surface area contributed by atoms with Gasteiger partial charge < -0.3 is 19.4 Å². The van der Waals surface area contributed by atoms with Gasteiger partial charge in [-0.25, -0.2) is 4.98 Å². The van der Waals surface area contributed by atoms with Crippen LogP contribution in [0.3, 0.4) is 0 Å². The van der Waals surface area contributed by atoms with Crippen molar-refractivity contribution in [2.24, 2.45) is 0 Å². The monoisotopic (exact) mass is 478 g/mol. The van der Waals surface area contributed by atoms with E-state index >= 15 is 0 Å². The van der Waals surface area contributed by atoms with E-state index in [1.165, 1.54) is 16.3 Å². The largest absolute Gasteiger partial charge is 0.493 e. The number of hydrogen-bond donors (Lipinski definition) is 1. The van der Waals surface area contributed by atoms with Crippen LogP contribution < -0.4 is 15.0 Å². The zero-order valence-corrected chi connectivity index (χ0v) is 20.0. The van der Waals surface area contributed by atoms with Gasteiger partial charge in [-0.15, -0.1) is 0 Å². The lowest BCUT2D eigenvalue weighted by Gasteiger charge is -2.26. The minimum absolute atomic E-state index is 0.0665. The molecule has 1 N–H and O–H groups in total. The molecule has 2 aromatic carbocycles. The summed E-state index contributed by atoms with van der Waals surface area (Å²) in [7, 11) is 3.12. The van der Waals surface area contributed by atoms with E-state index in [4.69, 9.17) is 14.5 Å². The highest BCUT2D eigenvalue weighted by Gasteiger charge is 2.21. The third-order valence-electron chi connectivity index (χ3n) is 6.15. The number of aromatic amines is 1. The third-order valence-corrected chi connectivity index (χ3v) is 7.08. The maximum absolute atomic E-state index is 13.7. The van der Waals surface area contributed by atoms with Gasteiger partial charge in [0.25, 0.3) is 5.56 Å². The number of carbonyl (C=O) groups is 1. The van der Waals surface area contributed by atoms with Crippen molar-refractivity contribution in [3.05, 3.63) is 52.8 Å². The number of H-pyrrole nitrogens is 1. The van der Waals surface area contributed by atoms with Gasteiger partial charge in [-0.2, -0.15) is 0 Å². The van der Waals surface area contributed by atoms with E-state index in [1.54, 1.807) is 32.4 Å². The van der Waals surface area contributed by atoms with E-state index in [0.717, 1.165) is 43.3 Å². The minimum Gasteiger partial charge on any atom is -0.493 e. The number of methoxy groups -OCH3 is 2. The van der Waals surface area contributed by atoms with Gasteiger partial charge in [0.15, 0.2) is 16.7 Å². The molecule has 5 rings (SSSR count). The van der Waals surface area contributed by atoms with Crippen LogP contribution in [-0.2, 0) is 4.79 Å². The van der Waals surface area contributed by atoms with Crippen molar-refractivity contribution in [3.8, 4) is 17.2 Å². The molecular weight excluding hydrogens is 452 g/mol. The molecule has 1 fully saturated rings. The molecule has 0 bridgehead atoms. The molecule has 4 aromatic rings.